The summed E-state index contributed by atoms with van der Waals surface area (Å²) in [6, 6.07) is 7.98. The first-order valence-corrected chi connectivity index (χ1v) is 10.4. The molecule has 1 fully saturated rings. The number of fused-ring (bicyclic) bond motifs is 3. The third kappa shape index (κ3) is 3.50. The second kappa shape index (κ2) is 7.66. The van der Waals surface area contributed by atoms with Crippen molar-refractivity contribution in [1.82, 2.24) is 34.8 Å². The Morgan fingerprint density at radius 3 is 2.61 bits per heavy atom. The SMILES string of the molecule is Cc1ccc(-c2ccc3ncc4nnn(C5CCN(C(=O)[C@H](C)O)CC5)c4c3n2)cn1. The van der Waals surface area contributed by atoms with Crippen LogP contribution in [0.2, 0.25) is 0 Å². The van der Waals surface area contributed by atoms with Crippen LogP contribution in [-0.2, 0) is 4.79 Å². The summed E-state index contributed by atoms with van der Waals surface area (Å²) in [5, 5.41) is 18.3. The third-order valence-electron chi connectivity index (χ3n) is 5.83. The maximum Gasteiger partial charge on any atom is 0.251 e. The van der Waals surface area contributed by atoms with Gasteiger partial charge >= 0.3 is 0 Å². The number of piperidine rings is 1. The molecular formula is C22H23N7O2. The first-order chi connectivity index (χ1) is 15.0. The number of nitrogens with zero attached hydrogens (tertiary/aromatic N) is 7. The van der Waals surface area contributed by atoms with E-state index in [0.717, 1.165) is 46.3 Å². The monoisotopic (exact) mass is 417 g/mol. The molecule has 4 aromatic heterocycles. The summed E-state index contributed by atoms with van der Waals surface area (Å²) in [4.78, 5) is 27.6. The molecule has 4 aromatic rings. The summed E-state index contributed by atoms with van der Waals surface area (Å²) in [5.41, 5.74) is 5.79. The number of carbonyl (C=O) groups excluding carboxylic acids is 1. The van der Waals surface area contributed by atoms with Crippen LogP contribution in [0.1, 0.15) is 31.5 Å². The van der Waals surface area contributed by atoms with Crippen LogP contribution in [0.5, 0.6) is 0 Å². The normalized spacial score (nSPS) is 16.2. The van der Waals surface area contributed by atoms with Gasteiger partial charge in [0.15, 0.2) is 0 Å². The number of rotatable bonds is 3. The first kappa shape index (κ1) is 19.5. The Kier molecular flexibility index (Phi) is 4.82. The van der Waals surface area contributed by atoms with Crippen molar-refractivity contribution in [3.8, 4) is 11.3 Å². The van der Waals surface area contributed by atoms with Gasteiger partial charge in [-0.05, 0) is 51.0 Å². The molecule has 1 saturated heterocycles. The molecule has 31 heavy (non-hydrogen) atoms. The number of carbonyl (C=O) groups is 1. The van der Waals surface area contributed by atoms with Crippen LogP contribution < -0.4 is 0 Å². The van der Waals surface area contributed by atoms with E-state index < -0.39 is 6.10 Å². The minimum absolute atomic E-state index is 0.0974. The van der Waals surface area contributed by atoms with Gasteiger partial charge in [0.25, 0.3) is 5.91 Å². The Hall–Kier alpha value is -3.46. The standard InChI is InChI=1S/C22H23N7O2/c1-13-3-4-15(11-23-13)17-5-6-18-20(25-17)21-19(12-24-18)26-27-29(21)16-7-9-28(10-8-16)22(31)14(2)30/h3-6,11-12,14,16,30H,7-10H2,1-2H3/t14-/m0/s1. The van der Waals surface area contributed by atoms with E-state index >= 15 is 0 Å². The number of aryl methyl sites for hydroxylation is 1. The molecule has 0 radical (unpaired) electrons. The van der Waals surface area contributed by atoms with Gasteiger partial charge in [-0.15, -0.1) is 5.10 Å². The van der Waals surface area contributed by atoms with Crippen LogP contribution >= 0.6 is 0 Å². The average Bonchev–Trinajstić information content (AvgIpc) is 3.23. The molecule has 0 spiro atoms. The molecule has 0 aliphatic carbocycles. The molecule has 0 aromatic carbocycles. The summed E-state index contributed by atoms with van der Waals surface area (Å²) >= 11 is 0. The number of hydrogen-bond acceptors (Lipinski definition) is 7. The lowest BCUT2D eigenvalue weighted by Gasteiger charge is -2.32. The molecule has 0 bridgehead atoms. The molecule has 1 aliphatic rings. The highest BCUT2D eigenvalue weighted by Crippen LogP contribution is 2.30. The van der Waals surface area contributed by atoms with Crippen LogP contribution in [0, 0.1) is 6.92 Å². The van der Waals surface area contributed by atoms with Crippen molar-refractivity contribution >= 4 is 28.0 Å². The minimum Gasteiger partial charge on any atom is -0.384 e. The molecule has 9 heteroatoms. The predicted octanol–water partition coefficient (Wildman–Crippen LogP) is 2.29. The Morgan fingerprint density at radius 2 is 1.90 bits per heavy atom. The van der Waals surface area contributed by atoms with E-state index in [1.165, 1.54) is 6.92 Å². The second-order valence-corrected chi connectivity index (χ2v) is 8.01. The lowest BCUT2D eigenvalue weighted by atomic mass is 10.0. The summed E-state index contributed by atoms with van der Waals surface area (Å²) < 4.78 is 1.92. The Labute approximate surface area is 178 Å². The number of aliphatic hydroxyl groups is 1. The first-order valence-electron chi connectivity index (χ1n) is 10.4. The van der Waals surface area contributed by atoms with Gasteiger partial charge in [0.2, 0.25) is 0 Å². The summed E-state index contributed by atoms with van der Waals surface area (Å²) in [7, 11) is 0. The summed E-state index contributed by atoms with van der Waals surface area (Å²) in [5.74, 6) is -0.227. The summed E-state index contributed by atoms with van der Waals surface area (Å²) in [6.45, 7) is 4.61. The van der Waals surface area contributed by atoms with Gasteiger partial charge in [-0.25, -0.2) is 9.67 Å². The van der Waals surface area contributed by atoms with Gasteiger partial charge < -0.3 is 10.0 Å². The fraction of sp³-hybridized carbons (Fsp3) is 0.364. The fourth-order valence-corrected chi connectivity index (χ4v) is 4.11. The molecule has 5 heterocycles. The molecule has 0 unspecified atom stereocenters. The number of likely N-dealkylation sites (tertiary alicyclic amines) is 1. The van der Waals surface area contributed by atoms with E-state index in [1.807, 2.05) is 42.1 Å². The van der Waals surface area contributed by atoms with E-state index in [1.54, 1.807) is 11.1 Å². The fourth-order valence-electron chi connectivity index (χ4n) is 4.11. The van der Waals surface area contributed by atoms with Crippen molar-refractivity contribution in [1.29, 1.82) is 0 Å². The molecule has 1 aliphatic heterocycles. The molecular weight excluding hydrogens is 394 g/mol. The van der Waals surface area contributed by atoms with Crippen molar-refractivity contribution in [2.45, 2.75) is 38.8 Å². The highest BCUT2D eigenvalue weighted by Gasteiger charge is 2.28. The molecule has 1 atom stereocenters. The zero-order valence-corrected chi connectivity index (χ0v) is 17.4. The summed E-state index contributed by atoms with van der Waals surface area (Å²) in [6.07, 6.45) is 4.05. The quantitative estimate of drug-likeness (QED) is 0.544. The van der Waals surface area contributed by atoms with Gasteiger partial charge in [0.1, 0.15) is 22.7 Å². The van der Waals surface area contributed by atoms with Crippen LogP contribution in [-0.4, -0.2) is 65.1 Å². The maximum absolute atomic E-state index is 12.1. The number of aromatic nitrogens is 6. The Morgan fingerprint density at radius 1 is 1.10 bits per heavy atom. The number of amides is 1. The van der Waals surface area contributed by atoms with Gasteiger partial charge in [-0.1, -0.05) is 5.21 Å². The van der Waals surface area contributed by atoms with Crippen LogP contribution in [0.3, 0.4) is 0 Å². The van der Waals surface area contributed by atoms with Crippen molar-refractivity contribution in [3.05, 3.63) is 42.4 Å². The molecule has 0 saturated carbocycles. The van der Waals surface area contributed by atoms with Gasteiger partial charge in [0, 0.05) is 30.5 Å². The molecule has 9 nitrogen and oxygen atoms in total. The lowest BCUT2D eigenvalue weighted by Crippen LogP contribution is -2.43. The van der Waals surface area contributed by atoms with Crippen LogP contribution in [0.25, 0.3) is 33.3 Å². The molecule has 1 amide bonds. The van der Waals surface area contributed by atoms with Gasteiger partial charge in [-0.3, -0.25) is 14.8 Å². The van der Waals surface area contributed by atoms with Crippen LogP contribution in [0.15, 0.2) is 36.7 Å². The minimum atomic E-state index is -0.974. The third-order valence-corrected chi connectivity index (χ3v) is 5.83. The average molecular weight is 417 g/mol. The molecule has 1 N–H and O–H groups in total. The van der Waals surface area contributed by atoms with Crippen molar-refractivity contribution in [3.63, 3.8) is 0 Å². The maximum atomic E-state index is 12.1. The van der Waals surface area contributed by atoms with Gasteiger partial charge in [0.05, 0.1) is 23.4 Å². The smallest absolute Gasteiger partial charge is 0.251 e. The highest BCUT2D eigenvalue weighted by molar-refractivity contribution is 5.99. The topological polar surface area (TPSA) is 110 Å². The molecule has 158 valence electrons. The van der Waals surface area contributed by atoms with E-state index in [-0.39, 0.29) is 11.9 Å². The highest BCUT2D eigenvalue weighted by atomic mass is 16.3. The Bertz CT molecular complexity index is 1260. The van der Waals surface area contributed by atoms with E-state index in [0.29, 0.717) is 18.6 Å². The number of pyridine rings is 3. The van der Waals surface area contributed by atoms with Crippen molar-refractivity contribution in [2.24, 2.45) is 0 Å². The largest absolute Gasteiger partial charge is 0.384 e. The van der Waals surface area contributed by atoms with Crippen LogP contribution in [0.4, 0.5) is 0 Å². The van der Waals surface area contributed by atoms with Gasteiger partial charge in [-0.2, -0.15) is 0 Å². The van der Waals surface area contributed by atoms with E-state index in [2.05, 4.69) is 20.3 Å². The number of aliphatic hydroxyl groups excluding tert-OH is 1. The lowest BCUT2D eigenvalue weighted by molar-refractivity contribution is -0.140. The Balaban J connectivity index is 1.53. The predicted molar refractivity (Wildman–Crippen MR) is 115 cm³/mol. The zero-order valence-electron chi connectivity index (χ0n) is 17.4. The van der Waals surface area contributed by atoms with E-state index in [4.69, 9.17) is 4.98 Å². The van der Waals surface area contributed by atoms with E-state index in [9.17, 15) is 9.90 Å². The van der Waals surface area contributed by atoms with Crippen molar-refractivity contribution < 1.29 is 9.90 Å². The molecule has 5 rings (SSSR count). The zero-order chi connectivity index (χ0) is 21.5. The number of hydrogen-bond donors (Lipinski definition) is 1. The second-order valence-electron chi connectivity index (χ2n) is 8.01. The van der Waals surface area contributed by atoms with Crippen molar-refractivity contribution in [2.75, 3.05) is 13.1 Å².